The molecule has 0 heterocycles. The van der Waals surface area contributed by atoms with Crippen LogP contribution in [0.3, 0.4) is 0 Å². The van der Waals surface area contributed by atoms with Gasteiger partial charge in [-0.3, -0.25) is 0 Å². The molecule has 0 bridgehead atoms. The fraction of sp³-hybridized carbons (Fsp3) is 0.667. The van der Waals surface area contributed by atoms with Crippen molar-refractivity contribution in [3.63, 3.8) is 0 Å². The Hall–Kier alpha value is -5.10. The van der Waals surface area contributed by atoms with E-state index in [1.807, 2.05) is 0 Å². The highest BCUT2D eigenvalue weighted by atomic mass is 19.2. The molecular weight excluding hydrogens is 1410 g/mol. The molecule has 10 aromatic carbocycles. The van der Waals surface area contributed by atoms with Crippen LogP contribution in [0, 0.1) is 34.9 Å². The summed E-state index contributed by atoms with van der Waals surface area (Å²) in [6, 6.07) is 9.40. The van der Waals surface area contributed by atoms with Gasteiger partial charge < -0.3 is 0 Å². The molecule has 0 amide bonds. The minimum Gasteiger partial charge on any atom is -0.204 e. The lowest BCUT2D eigenvalue weighted by Gasteiger charge is -2.32. The number of hydrogen-bond donors (Lipinski definition) is 0. The van der Waals surface area contributed by atoms with Gasteiger partial charge in [-0.2, -0.15) is 0 Å². The normalized spacial score (nSPS) is 12.4. The van der Waals surface area contributed by atoms with Crippen molar-refractivity contribution in [3.05, 3.63) is 105 Å². The SMILES string of the molecule is CCCCCCCCCCCCc1c(CCCCCCCCCCCC)c2c3cc(F)c(F)cc3c3c(CCCCCCCCCCCC)c(CCCCCCCCCCCC)c4c5cc(F)c(F)cc5c5c(CCCCCCCCCCCC)c(CCCCCCCCCCCC)c6c7cc(F)c(F)cc7c1c1c2c3c4c5c61. The molecular formula is C108H156F6. The molecule has 0 aliphatic carbocycles. The maximum atomic E-state index is 17.5. The van der Waals surface area contributed by atoms with Gasteiger partial charge in [0.1, 0.15) is 0 Å². The molecule has 0 saturated carbocycles. The molecule has 0 aliphatic rings. The van der Waals surface area contributed by atoms with Crippen LogP contribution >= 0.6 is 0 Å². The Morgan fingerprint density at radius 2 is 0.228 bits per heavy atom. The van der Waals surface area contributed by atoms with Crippen LogP contribution in [0.2, 0.25) is 0 Å². The fourth-order valence-electron chi connectivity index (χ4n) is 21.1. The summed E-state index contributed by atoms with van der Waals surface area (Å²) in [5.41, 5.74) is 6.87. The fourth-order valence-corrected chi connectivity index (χ4v) is 21.1. The van der Waals surface area contributed by atoms with Crippen molar-refractivity contribution in [2.75, 3.05) is 0 Å². The second-order valence-corrected chi connectivity index (χ2v) is 36.4. The molecule has 0 aliphatic heterocycles. The van der Waals surface area contributed by atoms with Gasteiger partial charge in [0.05, 0.1) is 0 Å². The third kappa shape index (κ3) is 24.1. The van der Waals surface area contributed by atoms with Crippen molar-refractivity contribution in [2.45, 2.75) is 465 Å². The van der Waals surface area contributed by atoms with Gasteiger partial charge in [-0.25, -0.2) is 26.3 Å². The van der Waals surface area contributed by atoms with Crippen LogP contribution < -0.4 is 0 Å². The first kappa shape index (κ1) is 91.2. The van der Waals surface area contributed by atoms with Gasteiger partial charge in [-0.05, 0) is 244 Å². The Morgan fingerprint density at radius 3 is 0.333 bits per heavy atom. The first-order valence-corrected chi connectivity index (χ1v) is 49.2. The monoisotopic (exact) mass is 1570 g/mol. The smallest absolute Gasteiger partial charge is 0.159 e. The van der Waals surface area contributed by atoms with Gasteiger partial charge in [0, 0.05) is 0 Å². The summed E-state index contributed by atoms with van der Waals surface area (Å²) in [5.74, 6) is -5.13. The lowest BCUT2D eigenvalue weighted by molar-refractivity contribution is 0.511. The van der Waals surface area contributed by atoms with Crippen molar-refractivity contribution < 1.29 is 26.3 Å². The summed E-state index contributed by atoms with van der Waals surface area (Å²) in [7, 11) is 0. The number of halogens is 6. The zero-order chi connectivity index (χ0) is 80.2. The van der Waals surface area contributed by atoms with E-state index in [1.54, 1.807) is 36.4 Å². The number of hydrogen-bond acceptors (Lipinski definition) is 0. The Kier molecular flexibility index (Phi) is 40.1. The Labute approximate surface area is 689 Å². The van der Waals surface area contributed by atoms with Gasteiger partial charge in [-0.1, -0.05) is 388 Å². The maximum absolute atomic E-state index is 17.5. The average molecular weight is 1570 g/mol. The molecule has 0 atom stereocenters. The predicted octanol–water partition coefficient (Wildman–Crippen LogP) is 38.0. The predicted molar refractivity (Wildman–Crippen MR) is 491 cm³/mol. The Bertz CT molecular complexity index is 3670. The van der Waals surface area contributed by atoms with Crippen molar-refractivity contribution in [3.8, 4) is 0 Å². The summed E-state index contributed by atoms with van der Waals surface area (Å²) in [4.78, 5) is 0. The van der Waals surface area contributed by atoms with Crippen molar-refractivity contribution in [1.29, 1.82) is 0 Å². The number of benzene rings is 10. The average Bonchev–Trinajstić information content (AvgIpc) is 0.649. The van der Waals surface area contributed by atoms with Crippen LogP contribution in [0.4, 0.5) is 26.3 Å². The van der Waals surface area contributed by atoms with Crippen LogP contribution in [0.1, 0.15) is 460 Å². The van der Waals surface area contributed by atoms with Crippen molar-refractivity contribution >= 4 is 97.0 Å². The quantitative estimate of drug-likeness (QED) is 0.0154. The molecule has 10 aromatic rings. The summed E-state index contributed by atoms with van der Waals surface area (Å²) >= 11 is 0. The van der Waals surface area contributed by atoms with E-state index in [4.69, 9.17) is 0 Å². The molecule has 630 valence electrons. The number of unbranched alkanes of at least 4 members (excludes halogenated alkanes) is 54. The molecule has 0 saturated heterocycles. The molecule has 114 heavy (non-hydrogen) atoms. The standard InChI is InChI=1S/C108H156F6/c1-7-13-19-25-31-37-43-49-55-61-67-79-80(68-62-56-50-44-38-32-26-20-14-8-2)98-87-75-93(111)94(112)76-88(87)100-83(71-65-59-53-47-41-35-29-23-17-11-5)84(72-66-60-54-48-42-36-30-24-18-12-6)102-90-78-96(114)95(113)77-89(90)101-82(70-64-58-52-46-40-34-28-22-16-10-4)81(69-63-57-51-45-39-33-27-21-15-9-3)99-86-74-92(110)91(109)73-85(86)97(79)103-104(98)106(100)108(102)107(101)105(99)103/h73-78H,7-72H2,1-6H3. The van der Waals surface area contributed by atoms with Crippen LogP contribution in [-0.2, 0) is 38.5 Å². The molecule has 10 rings (SSSR count). The summed E-state index contributed by atoms with van der Waals surface area (Å²) in [6.07, 6.45) is 74.8. The topological polar surface area (TPSA) is 0 Å². The van der Waals surface area contributed by atoms with Gasteiger partial charge in [-0.15, -0.1) is 0 Å². The zero-order valence-electron chi connectivity index (χ0n) is 73.4. The first-order valence-electron chi connectivity index (χ1n) is 49.2. The van der Waals surface area contributed by atoms with Gasteiger partial charge in [0.25, 0.3) is 0 Å². The minimum atomic E-state index is -0.855. The number of aryl methyl sites for hydroxylation is 6. The molecule has 0 nitrogen and oxygen atoms in total. The third-order valence-corrected chi connectivity index (χ3v) is 27.4. The minimum absolute atomic E-state index is 0.705. The summed E-state index contributed by atoms with van der Waals surface area (Å²) < 4.78 is 105. The molecule has 0 radical (unpaired) electrons. The lowest BCUT2D eigenvalue weighted by atomic mass is 9.70. The van der Waals surface area contributed by atoms with Gasteiger partial charge in [0.15, 0.2) is 34.9 Å². The second-order valence-electron chi connectivity index (χ2n) is 36.4. The molecule has 0 unspecified atom stereocenters. The summed E-state index contributed by atoms with van der Waals surface area (Å²) in [5, 5.41) is 16.5. The molecule has 0 fully saturated rings. The van der Waals surface area contributed by atoms with E-state index in [0.717, 1.165) is 246 Å². The first-order chi connectivity index (χ1) is 56.1. The van der Waals surface area contributed by atoms with Crippen LogP contribution in [0.25, 0.3) is 97.0 Å². The maximum Gasteiger partial charge on any atom is 0.159 e. The molecule has 0 aromatic heterocycles. The van der Waals surface area contributed by atoms with E-state index < -0.39 is 34.9 Å². The largest absolute Gasteiger partial charge is 0.204 e. The van der Waals surface area contributed by atoms with Crippen LogP contribution in [0.15, 0.2) is 36.4 Å². The van der Waals surface area contributed by atoms with Crippen LogP contribution in [0.5, 0.6) is 0 Å². The van der Waals surface area contributed by atoms with Crippen molar-refractivity contribution in [1.82, 2.24) is 0 Å². The van der Waals surface area contributed by atoms with Crippen molar-refractivity contribution in [2.24, 2.45) is 0 Å². The summed E-state index contributed by atoms with van der Waals surface area (Å²) in [6.45, 7) is 13.7. The molecule has 0 N–H and O–H groups in total. The van der Waals surface area contributed by atoms with E-state index in [2.05, 4.69) is 41.5 Å². The second kappa shape index (κ2) is 50.1. The van der Waals surface area contributed by atoms with E-state index in [-0.39, 0.29) is 0 Å². The van der Waals surface area contributed by atoms with E-state index >= 15 is 26.3 Å². The number of fused-ring (bicyclic) bond motifs is 9. The molecule has 0 spiro atoms. The lowest BCUT2D eigenvalue weighted by Crippen LogP contribution is -2.10. The Morgan fingerprint density at radius 1 is 0.132 bits per heavy atom. The zero-order valence-corrected chi connectivity index (χ0v) is 73.4. The van der Waals surface area contributed by atoms with E-state index in [1.165, 1.54) is 270 Å². The van der Waals surface area contributed by atoms with E-state index in [0.29, 0.717) is 38.5 Å². The van der Waals surface area contributed by atoms with Gasteiger partial charge >= 0.3 is 0 Å². The van der Waals surface area contributed by atoms with Crippen LogP contribution in [-0.4, -0.2) is 0 Å². The van der Waals surface area contributed by atoms with Gasteiger partial charge in [0.2, 0.25) is 0 Å². The molecule has 6 heteroatoms. The number of rotatable bonds is 66. The highest BCUT2D eigenvalue weighted by Gasteiger charge is 2.35. The Balaban J connectivity index is 1.31. The van der Waals surface area contributed by atoms with E-state index in [9.17, 15) is 0 Å². The highest BCUT2D eigenvalue weighted by Crippen LogP contribution is 2.60. The third-order valence-electron chi connectivity index (χ3n) is 27.4. The highest BCUT2D eigenvalue weighted by molar-refractivity contribution is 6.54.